The number of methoxy groups -OCH3 is 1. The first-order valence-electron chi connectivity index (χ1n) is 9.45. The molecule has 0 fully saturated rings. The highest BCUT2D eigenvalue weighted by Gasteiger charge is 2.35. The van der Waals surface area contributed by atoms with Crippen LogP contribution >= 0.6 is 11.3 Å². The van der Waals surface area contributed by atoms with E-state index < -0.39 is 29.7 Å². The van der Waals surface area contributed by atoms with Crippen LogP contribution in [0.4, 0.5) is 5.00 Å². The summed E-state index contributed by atoms with van der Waals surface area (Å²) in [6, 6.07) is 9.48. The van der Waals surface area contributed by atoms with Crippen LogP contribution in [0.1, 0.15) is 35.0 Å². The number of ether oxygens (including phenoxy) is 1. The topological polar surface area (TPSA) is 92.7 Å². The van der Waals surface area contributed by atoms with E-state index in [2.05, 4.69) is 5.32 Å². The number of thiophene rings is 1. The van der Waals surface area contributed by atoms with Crippen molar-refractivity contribution < 1.29 is 24.2 Å². The van der Waals surface area contributed by atoms with Gasteiger partial charge in [-0.1, -0.05) is 49.4 Å². The van der Waals surface area contributed by atoms with Gasteiger partial charge in [0, 0.05) is 10.4 Å². The summed E-state index contributed by atoms with van der Waals surface area (Å²) in [4.78, 5) is 38.0. The molecule has 152 valence electrons. The Morgan fingerprint density at radius 1 is 1.14 bits per heavy atom. The molecular formula is C22H23NO5S. The lowest BCUT2D eigenvalue weighted by Crippen LogP contribution is -2.34. The molecule has 1 aromatic heterocycles. The highest BCUT2D eigenvalue weighted by molar-refractivity contribution is 7.17. The van der Waals surface area contributed by atoms with E-state index >= 15 is 0 Å². The predicted molar refractivity (Wildman–Crippen MR) is 112 cm³/mol. The van der Waals surface area contributed by atoms with Crippen LogP contribution in [0.5, 0.6) is 0 Å². The fourth-order valence-electron chi connectivity index (χ4n) is 3.60. The van der Waals surface area contributed by atoms with Crippen LogP contribution in [-0.2, 0) is 20.7 Å². The fourth-order valence-corrected chi connectivity index (χ4v) is 4.76. The first-order chi connectivity index (χ1) is 14.0. The zero-order valence-electron chi connectivity index (χ0n) is 16.3. The Bertz CT molecular complexity index is 948. The summed E-state index contributed by atoms with van der Waals surface area (Å²) >= 11 is 1.33. The number of carbonyl (C=O) groups is 3. The number of hydrogen-bond acceptors (Lipinski definition) is 5. The minimum Gasteiger partial charge on any atom is -0.481 e. The maximum Gasteiger partial charge on any atom is 0.341 e. The number of allylic oxidation sites excluding steroid dienone is 2. The zero-order chi connectivity index (χ0) is 21.0. The number of anilines is 1. The SMILES string of the molecule is CCc1sc(NC(=O)[C@H]2CC=CC[C@@H]2C(=O)O)c(C(=O)OC)c1-c1ccccc1. The summed E-state index contributed by atoms with van der Waals surface area (Å²) in [5.41, 5.74) is 1.93. The molecule has 2 N–H and O–H groups in total. The van der Waals surface area contributed by atoms with Crippen molar-refractivity contribution in [1.82, 2.24) is 0 Å². The van der Waals surface area contributed by atoms with E-state index in [0.29, 0.717) is 29.8 Å². The van der Waals surface area contributed by atoms with E-state index in [0.717, 1.165) is 16.0 Å². The zero-order valence-corrected chi connectivity index (χ0v) is 17.1. The highest BCUT2D eigenvalue weighted by atomic mass is 32.1. The van der Waals surface area contributed by atoms with Crippen LogP contribution in [0.15, 0.2) is 42.5 Å². The number of rotatable bonds is 6. The summed E-state index contributed by atoms with van der Waals surface area (Å²) in [6.45, 7) is 1.98. The van der Waals surface area contributed by atoms with Crippen molar-refractivity contribution in [3.05, 3.63) is 52.9 Å². The monoisotopic (exact) mass is 413 g/mol. The molecule has 6 nitrogen and oxygen atoms in total. The van der Waals surface area contributed by atoms with Crippen LogP contribution in [0.3, 0.4) is 0 Å². The molecule has 3 rings (SSSR count). The molecule has 0 unspecified atom stereocenters. The molecule has 2 aromatic rings. The quantitative estimate of drug-likeness (QED) is 0.542. The van der Waals surface area contributed by atoms with E-state index in [1.165, 1.54) is 18.4 Å². The first-order valence-corrected chi connectivity index (χ1v) is 10.3. The maximum absolute atomic E-state index is 12.9. The van der Waals surface area contributed by atoms with Gasteiger partial charge in [-0.2, -0.15) is 0 Å². The van der Waals surface area contributed by atoms with Gasteiger partial charge in [-0.15, -0.1) is 11.3 Å². The number of amides is 1. The van der Waals surface area contributed by atoms with Crippen molar-refractivity contribution in [3.8, 4) is 11.1 Å². The van der Waals surface area contributed by atoms with Gasteiger partial charge in [-0.05, 0) is 24.8 Å². The van der Waals surface area contributed by atoms with Crippen LogP contribution in [0.2, 0.25) is 0 Å². The van der Waals surface area contributed by atoms with Gasteiger partial charge in [0.2, 0.25) is 5.91 Å². The van der Waals surface area contributed by atoms with Gasteiger partial charge in [-0.3, -0.25) is 9.59 Å². The Morgan fingerprint density at radius 2 is 1.79 bits per heavy atom. The molecular weight excluding hydrogens is 390 g/mol. The minimum atomic E-state index is -0.993. The Balaban J connectivity index is 2.02. The third-order valence-corrected chi connectivity index (χ3v) is 6.33. The predicted octanol–water partition coefficient (Wildman–Crippen LogP) is 4.37. The summed E-state index contributed by atoms with van der Waals surface area (Å²) < 4.78 is 4.99. The minimum absolute atomic E-state index is 0.312. The van der Waals surface area contributed by atoms with Gasteiger partial charge in [0.05, 0.1) is 18.9 Å². The lowest BCUT2D eigenvalue weighted by atomic mass is 9.82. The van der Waals surface area contributed by atoms with Crippen molar-refractivity contribution in [2.75, 3.05) is 12.4 Å². The lowest BCUT2D eigenvalue weighted by Gasteiger charge is -2.24. The lowest BCUT2D eigenvalue weighted by molar-refractivity contribution is -0.146. The Kier molecular flexibility index (Phi) is 6.49. The standard InChI is InChI=1S/C22H23NO5S/c1-3-16-17(13-9-5-4-6-10-13)18(22(27)28-2)20(29-16)23-19(24)14-11-7-8-12-15(14)21(25)26/h4-10,14-15H,3,11-12H2,1-2H3,(H,23,24)(H,25,26)/t14-,15-/m0/s1. The molecule has 1 amide bonds. The normalized spacial score (nSPS) is 18.3. The molecule has 1 aliphatic carbocycles. The van der Waals surface area contributed by atoms with Crippen molar-refractivity contribution in [1.29, 1.82) is 0 Å². The Labute approximate surface area is 173 Å². The molecule has 0 saturated heterocycles. The van der Waals surface area contributed by atoms with Gasteiger partial charge < -0.3 is 15.2 Å². The van der Waals surface area contributed by atoms with E-state index in [1.54, 1.807) is 6.08 Å². The number of carbonyl (C=O) groups excluding carboxylic acids is 2. The largest absolute Gasteiger partial charge is 0.481 e. The Hall–Kier alpha value is -2.93. The summed E-state index contributed by atoms with van der Waals surface area (Å²) in [5, 5.41) is 12.7. The number of aryl methyl sites for hydroxylation is 1. The van der Waals surface area contributed by atoms with Crippen LogP contribution in [-0.4, -0.2) is 30.1 Å². The molecule has 0 bridgehead atoms. The van der Waals surface area contributed by atoms with E-state index in [4.69, 9.17) is 4.74 Å². The number of nitrogens with one attached hydrogen (secondary N) is 1. The summed E-state index contributed by atoms with van der Waals surface area (Å²) in [5.74, 6) is -3.38. The molecule has 1 aliphatic rings. The number of benzene rings is 1. The molecule has 29 heavy (non-hydrogen) atoms. The smallest absolute Gasteiger partial charge is 0.341 e. The average Bonchev–Trinajstić information content (AvgIpc) is 3.11. The number of esters is 1. The molecule has 1 heterocycles. The average molecular weight is 413 g/mol. The number of hydrogen-bond donors (Lipinski definition) is 2. The molecule has 0 saturated carbocycles. The highest BCUT2D eigenvalue weighted by Crippen LogP contribution is 2.41. The molecule has 2 atom stereocenters. The van der Waals surface area contributed by atoms with E-state index in [9.17, 15) is 19.5 Å². The summed E-state index contributed by atoms with van der Waals surface area (Å²) in [7, 11) is 1.30. The fraction of sp³-hybridized carbons (Fsp3) is 0.318. The van der Waals surface area contributed by atoms with Crippen molar-refractivity contribution in [2.24, 2.45) is 11.8 Å². The molecule has 0 spiro atoms. The van der Waals surface area contributed by atoms with E-state index in [-0.39, 0.29) is 0 Å². The molecule has 0 radical (unpaired) electrons. The molecule has 1 aromatic carbocycles. The second-order valence-electron chi connectivity index (χ2n) is 6.80. The summed E-state index contributed by atoms with van der Waals surface area (Å²) in [6.07, 6.45) is 4.96. The third-order valence-electron chi connectivity index (χ3n) is 5.08. The van der Waals surface area contributed by atoms with Gasteiger partial charge in [0.1, 0.15) is 10.6 Å². The van der Waals surface area contributed by atoms with Crippen LogP contribution in [0, 0.1) is 11.8 Å². The van der Waals surface area contributed by atoms with Gasteiger partial charge >= 0.3 is 11.9 Å². The second-order valence-corrected chi connectivity index (χ2v) is 7.90. The van der Waals surface area contributed by atoms with Crippen molar-refractivity contribution in [2.45, 2.75) is 26.2 Å². The van der Waals surface area contributed by atoms with Gasteiger partial charge in [0.25, 0.3) is 0 Å². The number of carboxylic acid groups (broad SMARTS) is 1. The van der Waals surface area contributed by atoms with Gasteiger partial charge in [0.15, 0.2) is 0 Å². The van der Waals surface area contributed by atoms with Crippen LogP contribution in [0.25, 0.3) is 11.1 Å². The van der Waals surface area contributed by atoms with E-state index in [1.807, 2.05) is 43.3 Å². The Morgan fingerprint density at radius 3 is 2.38 bits per heavy atom. The van der Waals surface area contributed by atoms with Crippen molar-refractivity contribution in [3.63, 3.8) is 0 Å². The van der Waals surface area contributed by atoms with Crippen molar-refractivity contribution >= 4 is 34.2 Å². The third kappa shape index (κ3) is 4.24. The second kappa shape index (κ2) is 9.05. The molecule has 7 heteroatoms. The molecule has 0 aliphatic heterocycles. The van der Waals surface area contributed by atoms with Gasteiger partial charge in [-0.25, -0.2) is 4.79 Å². The maximum atomic E-state index is 12.9. The first kappa shape index (κ1) is 20.8. The van der Waals surface area contributed by atoms with Crippen LogP contribution < -0.4 is 5.32 Å². The number of carboxylic acids is 1. The number of aliphatic carboxylic acids is 1.